The molecule has 0 spiro atoms. The van der Waals surface area contributed by atoms with Gasteiger partial charge in [0, 0.05) is 11.6 Å². The lowest BCUT2D eigenvalue weighted by Gasteiger charge is -2.17. The van der Waals surface area contributed by atoms with Crippen LogP contribution in [0.25, 0.3) is 0 Å². The van der Waals surface area contributed by atoms with E-state index in [1.165, 1.54) is 0 Å². The molecule has 70 valence electrons. The molecule has 1 nitrogen and oxygen atoms in total. The molecule has 1 unspecified atom stereocenters. The molecule has 0 aliphatic carbocycles. The molecule has 14 heavy (non-hydrogen) atoms. The van der Waals surface area contributed by atoms with E-state index < -0.39 is 0 Å². The molecular formula is C12H14BN. The number of allylic oxidation sites excluding steroid dienone is 1. The molecular weight excluding hydrogens is 169 g/mol. The van der Waals surface area contributed by atoms with Crippen LogP contribution in [0.5, 0.6) is 0 Å². The molecule has 0 fully saturated rings. The number of nitrogens with one attached hydrogen (secondary N) is 1. The van der Waals surface area contributed by atoms with Gasteiger partial charge in [0.05, 0.1) is 0 Å². The zero-order chi connectivity index (χ0) is 10.6. The van der Waals surface area contributed by atoms with Crippen molar-refractivity contribution < 1.29 is 0 Å². The topological polar surface area (TPSA) is 12.0 Å². The maximum atomic E-state index is 5.92. The number of hydrogen-bond donors (Lipinski definition) is 1. The third-order valence-electron chi connectivity index (χ3n) is 2.00. The highest BCUT2D eigenvalue weighted by Gasteiger charge is 2.04. The third-order valence-corrected chi connectivity index (χ3v) is 2.00. The molecule has 1 rings (SSSR count). The van der Waals surface area contributed by atoms with Crippen LogP contribution in [0.3, 0.4) is 0 Å². The van der Waals surface area contributed by atoms with E-state index in [0.717, 1.165) is 16.8 Å². The molecule has 1 atom stereocenters. The fraction of sp³-hybridized carbons (Fsp3) is 0.167. The monoisotopic (exact) mass is 183 g/mol. The molecule has 0 bridgehead atoms. The van der Waals surface area contributed by atoms with Crippen molar-refractivity contribution in [1.29, 1.82) is 0 Å². The van der Waals surface area contributed by atoms with Gasteiger partial charge in [-0.3, -0.25) is 0 Å². The Labute approximate surface area is 86.9 Å². The molecule has 0 aromatic heterocycles. The van der Waals surface area contributed by atoms with Gasteiger partial charge in [-0.1, -0.05) is 43.5 Å². The Morgan fingerprint density at radius 3 is 2.36 bits per heavy atom. The summed E-state index contributed by atoms with van der Waals surface area (Å²) >= 11 is 0. The standard InChI is InChI=1S/C12H14BN/c1-9(2)10(3)14-12(13)11-7-5-4-6-8-11/h4-8,12,14H,1,3H2,2H3. The van der Waals surface area contributed by atoms with Gasteiger partial charge in [0.15, 0.2) is 0 Å². The Bertz CT molecular complexity index is 329. The summed E-state index contributed by atoms with van der Waals surface area (Å²) in [6.07, 6.45) is 0. The Kier molecular flexibility index (Phi) is 3.58. The molecule has 2 radical (unpaired) electrons. The predicted octanol–water partition coefficient (Wildman–Crippen LogP) is 2.53. The molecule has 0 aliphatic rings. The van der Waals surface area contributed by atoms with Crippen molar-refractivity contribution in [3.05, 3.63) is 60.3 Å². The van der Waals surface area contributed by atoms with Gasteiger partial charge in [-0.15, -0.1) is 0 Å². The second-order valence-corrected chi connectivity index (χ2v) is 3.29. The van der Waals surface area contributed by atoms with Crippen molar-refractivity contribution in [2.75, 3.05) is 0 Å². The van der Waals surface area contributed by atoms with Crippen molar-refractivity contribution >= 4 is 7.85 Å². The van der Waals surface area contributed by atoms with Crippen LogP contribution in [-0.4, -0.2) is 7.85 Å². The van der Waals surface area contributed by atoms with Crippen LogP contribution in [-0.2, 0) is 0 Å². The Balaban J connectivity index is 2.64. The number of rotatable bonds is 4. The third kappa shape index (κ3) is 2.80. The molecule has 2 heteroatoms. The summed E-state index contributed by atoms with van der Waals surface area (Å²) in [5.41, 5.74) is 2.72. The highest BCUT2D eigenvalue weighted by Crippen LogP contribution is 2.11. The van der Waals surface area contributed by atoms with Gasteiger partial charge in [-0.25, -0.2) is 0 Å². The molecule has 0 aliphatic heterocycles. The van der Waals surface area contributed by atoms with Crippen molar-refractivity contribution in [3.8, 4) is 0 Å². The lowest BCUT2D eigenvalue weighted by atomic mass is 9.88. The number of benzene rings is 1. The average molecular weight is 183 g/mol. The quantitative estimate of drug-likeness (QED) is 0.558. The maximum Gasteiger partial charge on any atom is 0.105 e. The van der Waals surface area contributed by atoms with Crippen molar-refractivity contribution in [2.45, 2.75) is 12.9 Å². The summed E-state index contributed by atoms with van der Waals surface area (Å²) in [6, 6.07) is 9.83. The van der Waals surface area contributed by atoms with E-state index in [2.05, 4.69) is 18.5 Å². The van der Waals surface area contributed by atoms with Gasteiger partial charge < -0.3 is 5.32 Å². The lowest BCUT2D eigenvalue weighted by molar-refractivity contribution is 0.789. The van der Waals surface area contributed by atoms with Crippen LogP contribution in [0.4, 0.5) is 0 Å². The van der Waals surface area contributed by atoms with Gasteiger partial charge in [0.2, 0.25) is 0 Å². The molecule has 0 heterocycles. The number of hydrogen-bond acceptors (Lipinski definition) is 1. The molecule has 1 aromatic rings. The van der Waals surface area contributed by atoms with E-state index in [4.69, 9.17) is 7.85 Å². The van der Waals surface area contributed by atoms with E-state index in [1.807, 2.05) is 37.3 Å². The van der Waals surface area contributed by atoms with Crippen molar-refractivity contribution in [3.63, 3.8) is 0 Å². The van der Waals surface area contributed by atoms with Gasteiger partial charge in [-0.2, -0.15) is 0 Å². The zero-order valence-corrected chi connectivity index (χ0v) is 8.46. The first kappa shape index (κ1) is 10.6. The largest absolute Gasteiger partial charge is 0.387 e. The van der Waals surface area contributed by atoms with Crippen molar-refractivity contribution in [2.24, 2.45) is 0 Å². The highest BCUT2D eigenvalue weighted by molar-refractivity contribution is 6.12. The summed E-state index contributed by atoms with van der Waals surface area (Å²) in [6.45, 7) is 9.51. The first-order chi connectivity index (χ1) is 6.61. The van der Waals surface area contributed by atoms with Crippen LogP contribution in [0, 0.1) is 0 Å². The normalized spacial score (nSPS) is 11.8. The van der Waals surface area contributed by atoms with Gasteiger partial charge >= 0.3 is 0 Å². The van der Waals surface area contributed by atoms with Crippen molar-refractivity contribution in [1.82, 2.24) is 5.32 Å². The van der Waals surface area contributed by atoms with Crippen LogP contribution in [0.15, 0.2) is 54.8 Å². The fourth-order valence-electron chi connectivity index (χ4n) is 1.05. The second-order valence-electron chi connectivity index (χ2n) is 3.29. The molecule has 1 N–H and O–H groups in total. The summed E-state index contributed by atoms with van der Waals surface area (Å²) in [7, 11) is 5.92. The van der Waals surface area contributed by atoms with Gasteiger partial charge in [0.1, 0.15) is 7.85 Å². The summed E-state index contributed by atoms with van der Waals surface area (Å²) in [5, 5.41) is 3.08. The summed E-state index contributed by atoms with van der Waals surface area (Å²) < 4.78 is 0. The van der Waals surface area contributed by atoms with Crippen LogP contribution >= 0.6 is 0 Å². The van der Waals surface area contributed by atoms with E-state index >= 15 is 0 Å². The first-order valence-electron chi connectivity index (χ1n) is 4.53. The van der Waals surface area contributed by atoms with Crippen LogP contribution < -0.4 is 5.32 Å². The Morgan fingerprint density at radius 2 is 1.86 bits per heavy atom. The fourth-order valence-corrected chi connectivity index (χ4v) is 1.05. The van der Waals surface area contributed by atoms with E-state index in [-0.39, 0.29) is 5.94 Å². The zero-order valence-electron chi connectivity index (χ0n) is 8.46. The summed E-state index contributed by atoms with van der Waals surface area (Å²) in [4.78, 5) is 0. The van der Waals surface area contributed by atoms with E-state index in [0.29, 0.717) is 0 Å². The molecule has 0 saturated carbocycles. The molecule has 0 saturated heterocycles. The molecule has 0 amide bonds. The average Bonchev–Trinajstić information content (AvgIpc) is 2.19. The lowest BCUT2D eigenvalue weighted by Crippen LogP contribution is -2.20. The minimum Gasteiger partial charge on any atom is -0.387 e. The first-order valence-corrected chi connectivity index (χ1v) is 4.53. The smallest absolute Gasteiger partial charge is 0.105 e. The Morgan fingerprint density at radius 1 is 1.29 bits per heavy atom. The highest BCUT2D eigenvalue weighted by atomic mass is 14.9. The van der Waals surface area contributed by atoms with Crippen LogP contribution in [0.1, 0.15) is 18.4 Å². The van der Waals surface area contributed by atoms with E-state index in [9.17, 15) is 0 Å². The predicted molar refractivity (Wildman–Crippen MR) is 62.0 cm³/mol. The molecule has 1 aromatic carbocycles. The second kappa shape index (κ2) is 4.70. The Hall–Kier alpha value is -1.44. The minimum absolute atomic E-state index is 0.222. The van der Waals surface area contributed by atoms with E-state index in [1.54, 1.807) is 0 Å². The maximum absolute atomic E-state index is 5.92. The van der Waals surface area contributed by atoms with Gasteiger partial charge in [-0.05, 0) is 18.1 Å². The SMILES string of the molecule is [B]C(NC(=C)C(=C)C)c1ccccc1. The van der Waals surface area contributed by atoms with Gasteiger partial charge in [0.25, 0.3) is 0 Å². The minimum atomic E-state index is -0.222. The van der Waals surface area contributed by atoms with Crippen LogP contribution in [0.2, 0.25) is 0 Å². The summed E-state index contributed by atoms with van der Waals surface area (Å²) in [5.74, 6) is -0.222.